The fraction of sp³-hybridized carbons (Fsp3) is 0.833. The van der Waals surface area contributed by atoms with E-state index in [1.165, 1.54) is 5.57 Å². The first-order valence-corrected chi connectivity index (χ1v) is 16.6. The van der Waals surface area contributed by atoms with Crippen molar-refractivity contribution in [1.82, 2.24) is 0 Å². The first kappa shape index (κ1) is 29.4. The second-order valence-electron chi connectivity index (χ2n) is 17.7. The van der Waals surface area contributed by atoms with Crippen molar-refractivity contribution in [2.75, 3.05) is 0 Å². The molecule has 0 radical (unpaired) electrons. The number of hydrogen-bond acceptors (Lipinski definition) is 6. The molecule has 4 N–H and O–H groups in total. The largest absolute Gasteiger partial charge is 0.393 e. The molecule has 0 aromatic rings. The zero-order chi connectivity index (χ0) is 30.8. The van der Waals surface area contributed by atoms with Gasteiger partial charge < -0.3 is 20.4 Å². The van der Waals surface area contributed by atoms with E-state index in [4.69, 9.17) is 0 Å². The van der Waals surface area contributed by atoms with Gasteiger partial charge in [0.2, 0.25) is 0 Å². The van der Waals surface area contributed by atoms with Gasteiger partial charge in [-0.3, -0.25) is 9.59 Å². The molecule has 0 aromatic heterocycles. The highest BCUT2D eigenvalue weighted by atomic mass is 16.3. The number of hydrogen-bond donors (Lipinski definition) is 4. The van der Waals surface area contributed by atoms with Crippen LogP contribution in [0.2, 0.25) is 0 Å². The summed E-state index contributed by atoms with van der Waals surface area (Å²) in [5.74, 6) is -2.00. The maximum atomic E-state index is 14.9. The molecule has 0 aliphatic heterocycles. The van der Waals surface area contributed by atoms with E-state index in [-0.39, 0.29) is 39.6 Å². The number of aliphatic hydroxyl groups excluding tert-OH is 2. The minimum absolute atomic E-state index is 0.130. The molecule has 0 aromatic carbocycles. The molecule has 0 saturated heterocycles. The van der Waals surface area contributed by atoms with E-state index < -0.39 is 52.0 Å². The smallest absolute Gasteiger partial charge is 0.187 e. The Morgan fingerprint density at radius 2 is 1.26 bits per heavy atom. The van der Waals surface area contributed by atoms with Crippen LogP contribution in [0.5, 0.6) is 0 Å². The molecule has 1 spiro atoms. The zero-order valence-corrected chi connectivity index (χ0v) is 26.9. The van der Waals surface area contributed by atoms with Crippen molar-refractivity contribution >= 4 is 11.6 Å². The van der Waals surface area contributed by atoms with E-state index in [1.807, 2.05) is 0 Å². The lowest BCUT2D eigenvalue weighted by atomic mass is 9.29. The van der Waals surface area contributed by atoms with Gasteiger partial charge in [-0.15, -0.1) is 0 Å². The summed E-state index contributed by atoms with van der Waals surface area (Å²) >= 11 is 0. The second-order valence-corrected chi connectivity index (χ2v) is 17.7. The molecular weight excluding hydrogens is 528 g/mol. The SMILES string of the molecule is CC12CC[C@@H](O)C(C)(C)[C@@H]1CC[C@@]13C2=CC(=O)[C@](C)(O)[C@@H]1C1C2=C(C3C(=O)[C@]1(C)O)C1(C)CC[C@H](O)C(C)(C)[C@@H]1CC2. The Morgan fingerprint density at radius 3 is 1.86 bits per heavy atom. The van der Waals surface area contributed by atoms with E-state index in [0.29, 0.717) is 25.7 Å². The molecule has 2 bridgehead atoms. The van der Waals surface area contributed by atoms with E-state index in [9.17, 15) is 30.0 Å². The van der Waals surface area contributed by atoms with Gasteiger partial charge >= 0.3 is 0 Å². The van der Waals surface area contributed by atoms with Crippen molar-refractivity contribution < 1.29 is 30.0 Å². The number of allylic oxidation sites excluding steroid dienone is 2. The van der Waals surface area contributed by atoms with Crippen LogP contribution in [0.15, 0.2) is 22.8 Å². The summed E-state index contributed by atoms with van der Waals surface area (Å²) in [5.41, 5.74) is -2.26. The zero-order valence-electron chi connectivity index (χ0n) is 26.9. The van der Waals surface area contributed by atoms with E-state index in [2.05, 4.69) is 41.5 Å². The minimum atomic E-state index is -1.71. The van der Waals surface area contributed by atoms with Crippen molar-refractivity contribution in [2.45, 2.75) is 130 Å². The standard InChI is InChI=1S/C36H52O6/c1-30(2)19-10-9-18-25(33(19,6)15-13-23(30)38)27-29(40)35(8,42)26(18)28-34(7,41)24(39)17-21-32(5)14-12-22(37)31(3,4)20(32)11-16-36(21,27)28/h17,19-20,22-23,26-28,37-38,41-42H,9-16H2,1-8H3/t19-,20-,22+,23-,26?,27?,28-,32?,33?,34-,35+,36-/m0/s1. The predicted molar refractivity (Wildman–Crippen MR) is 159 cm³/mol. The number of carbonyl (C=O) groups is 2. The van der Waals surface area contributed by atoms with E-state index in [1.54, 1.807) is 19.9 Å². The maximum Gasteiger partial charge on any atom is 0.187 e. The lowest BCUT2D eigenvalue weighted by Crippen LogP contribution is -2.77. The minimum Gasteiger partial charge on any atom is -0.393 e. The third-order valence-corrected chi connectivity index (χ3v) is 15.4. The van der Waals surface area contributed by atoms with Crippen molar-refractivity contribution in [1.29, 1.82) is 0 Å². The average Bonchev–Trinajstić information content (AvgIpc) is 2.88. The van der Waals surface area contributed by atoms with Gasteiger partial charge in [-0.25, -0.2) is 0 Å². The number of aliphatic hydroxyl groups is 4. The van der Waals surface area contributed by atoms with Crippen LogP contribution in [-0.4, -0.2) is 55.4 Å². The first-order valence-electron chi connectivity index (χ1n) is 16.6. The van der Waals surface area contributed by atoms with Crippen LogP contribution in [-0.2, 0) is 9.59 Å². The summed E-state index contributed by atoms with van der Waals surface area (Å²) in [6.07, 6.45) is 6.70. The van der Waals surface area contributed by atoms with Crippen LogP contribution in [0.25, 0.3) is 0 Å². The molecule has 4 saturated carbocycles. The molecule has 6 heteroatoms. The van der Waals surface area contributed by atoms with Crippen molar-refractivity contribution in [2.24, 2.45) is 56.7 Å². The molecule has 8 aliphatic carbocycles. The van der Waals surface area contributed by atoms with Crippen LogP contribution in [0.4, 0.5) is 0 Å². The molecule has 42 heavy (non-hydrogen) atoms. The Hall–Kier alpha value is -1.34. The Bertz CT molecular complexity index is 1350. The summed E-state index contributed by atoms with van der Waals surface area (Å²) < 4.78 is 0. The van der Waals surface area contributed by atoms with Gasteiger partial charge in [-0.1, -0.05) is 58.3 Å². The van der Waals surface area contributed by atoms with Crippen LogP contribution >= 0.6 is 0 Å². The summed E-state index contributed by atoms with van der Waals surface area (Å²) in [4.78, 5) is 28.9. The normalized spacial score (nSPS) is 55.6. The Balaban J connectivity index is 1.52. The molecule has 0 amide bonds. The second kappa shape index (κ2) is 8.08. The van der Waals surface area contributed by atoms with Gasteiger partial charge in [0.1, 0.15) is 11.2 Å². The van der Waals surface area contributed by atoms with E-state index >= 15 is 0 Å². The molecule has 0 heterocycles. The van der Waals surface area contributed by atoms with Gasteiger partial charge in [0, 0.05) is 17.3 Å². The molecule has 4 unspecified atom stereocenters. The molecular formula is C36H52O6. The number of fused-ring (bicyclic) bond motifs is 4. The van der Waals surface area contributed by atoms with Gasteiger partial charge in [0.25, 0.3) is 0 Å². The summed E-state index contributed by atoms with van der Waals surface area (Å²) in [7, 11) is 0. The summed E-state index contributed by atoms with van der Waals surface area (Å²) in [6.45, 7) is 16.4. The highest BCUT2D eigenvalue weighted by molar-refractivity contribution is 6.03. The molecule has 232 valence electrons. The average molecular weight is 581 g/mol. The van der Waals surface area contributed by atoms with E-state index in [0.717, 1.165) is 36.8 Å². The lowest BCUT2D eigenvalue weighted by molar-refractivity contribution is -0.218. The maximum absolute atomic E-state index is 14.9. The molecule has 4 fully saturated rings. The molecule has 12 atom stereocenters. The fourth-order valence-electron chi connectivity index (χ4n) is 13.4. The van der Waals surface area contributed by atoms with Crippen LogP contribution in [0, 0.1) is 56.7 Å². The number of Topliss-reactive ketones (excluding diaryl/α,β-unsaturated/α-hetero) is 1. The third kappa shape index (κ3) is 2.98. The number of ketones is 2. The predicted octanol–water partition coefficient (Wildman–Crippen LogP) is 4.92. The van der Waals surface area contributed by atoms with Crippen LogP contribution in [0.3, 0.4) is 0 Å². The third-order valence-electron chi connectivity index (χ3n) is 15.4. The number of rotatable bonds is 0. The summed E-state index contributed by atoms with van der Waals surface area (Å²) in [5, 5.41) is 46.6. The highest BCUT2D eigenvalue weighted by Crippen LogP contribution is 2.79. The van der Waals surface area contributed by atoms with Gasteiger partial charge in [-0.05, 0) is 105 Å². The fourth-order valence-corrected chi connectivity index (χ4v) is 13.4. The summed E-state index contributed by atoms with van der Waals surface area (Å²) in [6, 6.07) is 0. The topological polar surface area (TPSA) is 115 Å². The monoisotopic (exact) mass is 580 g/mol. The molecule has 6 nitrogen and oxygen atoms in total. The Labute approximate surface area is 251 Å². The Morgan fingerprint density at radius 1 is 0.714 bits per heavy atom. The molecule has 8 rings (SSSR count). The lowest BCUT2D eigenvalue weighted by Gasteiger charge is -2.74. The van der Waals surface area contributed by atoms with Crippen molar-refractivity contribution in [3.8, 4) is 0 Å². The van der Waals surface area contributed by atoms with Gasteiger partial charge in [-0.2, -0.15) is 0 Å². The van der Waals surface area contributed by atoms with Crippen LogP contribution in [0.1, 0.15) is 107 Å². The first-order chi connectivity index (χ1) is 19.2. The Kier molecular flexibility index (Phi) is 5.65. The number of carbonyl (C=O) groups excluding carboxylic acids is 2. The van der Waals surface area contributed by atoms with Crippen molar-refractivity contribution in [3.63, 3.8) is 0 Å². The molecule has 8 aliphatic rings. The quantitative estimate of drug-likeness (QED) is 0.303. The van der Waals surface area contributed by atoms with Crippen LogP contribution < -0.4 is 0 Å². The highest BCUT2D eigenvalue weighted by Gasteiger charge is 2.79. The van der Waals surface area contributed by atoms with Gasteiger partial charge in [0.15, 0.2) is 11.6 Å². The van der Waals surface area contributed by atoms with Crippen molar-refractivity contribution in [3.05, 3.63) is 22.8 Å². The van der Waals surface area contributed by atoms with Gasteiger partial charge in [0.05, 0.1) is 18.1 Å².